The lowest BCUT2D eigenvalue weighted by Gasteiger charge is -2.12. The number of carbonyl (C=O) groups is 2. The molecule has 6 heteroatoms. The Morgan fingerprint density at radius 2 is 1.79 bits per heavy atom. The summed E-state index contributed by atoms with van der Waals surface area (Å²) in [6.45, 7) is 5.76. The van der Waals surface area contributed by atoms with Gasteiger partial charge < -0.3 is 14.8 Å². The van der Waals surface area contributed by atoms with Crippen LogP contribution in [0.4, 0.5) is 5.69 Å². The predicted molar refractivity (Wildman–Crippen MR) is 108 cm³/mol. The molecule has 0 aliphatic carbocycles. The average Bonchev–Trinajstić information content (AvgIpc) is 2.68. The van der Waals surface area contributed by atoms with Crippen LogP contribution in [-0.2, 0) is 9.53 Å². The molecule has 0 atom stereocenters. The second-order valence-electron chi connectivity index (χ2n) is 6.65. The normalized spacial score (nSPS) is 10.6. The summed E-state index contributed by atoms with van der Waals surface area (Å²) in [6.07, 6.45) is 0. The zero-order valence-corrected chi connectivity index (χ0v) is 16.3. The second kappa shape index (κ2) is 8.08. The van der Waals surface area contributed by atoms with Crippen molar-refractivity contribution in [3.63, 3.8) is 0 Å². The van der Waals surface area contributed by atoms with E-state index in [0.717, 1.165) is 22.1 Å². The van der Waals surface area contributed by atoms with Crippen LogP contribution in [0.5, 0.6) is 5.75 Å². The number of pyridine rings is 1. The van der Waals surface area contributed by atoms with Crippen molar-refractivity contribution < 1.29 is 19.1 Å². The molecule has 0 aliphatic rings. The number of nitrogens with one attached hydrogen (secondary N) is 1. The third-order valence-electron chi connectivity index (χ3n) is 4.47. The number of aryl methyl sites for hydroxylation is 3. The highest BCUT2D eigenvalue weighted by Gasteiger charge is 2.15. The number of nitrogens with zero attached hydrogens (tertiary/aromatic N) is 1. The number of fused-ring (bicyclic) bond motifs is 1. The zero-order chi connectivity index (χ0) is 20.3. The molecular weight excluding hydrogens is 356 g/mol. The van der Waals surface area contributed by atoms with Gasteiger partial charge in [0.05, 0.1) is 12.6 Å². The van der Waals surface area contributed by atoms with Crippen LogP contribution >= 0.6 is 0 Å². The number of methoxy groups -OCH3 is 1. The van der Waals surface area contributed by atoms with Crippen LogP contribution in [0.3, 0.4) is 0 Å². The highest BCUT2D eigenvalue weighted by atomic mass is 16.5. The first-order valence-corrected chi connectivity index (χ1v) is 8.87. The lowest BCUT2D eigenvalue weighted by molar-refractivity contribution is -0.118. The highest BCUT2D eigenvalue weighted by molar-refractivity contribution is 5.95. The van der Waals surface area contributed by atoms with E-state index < -0.39 is 5.97 Å². The Bertz CT molecular complexity index is 1060. The Morgan fingerprint density at radius 3 is 2.50 bits per heavy atom. The molecule has 0 spiro atoms. The van der Waals surface area contributed by atoms with Gasteiger partial charge in [-0.25, -0.2) is 9.78 Å². The minimum absolute atomic E-state index is 0.128. The van der Waals surface area contributed by atoms with E-state index in [1.165, 1.54) is 13.2 Å². The SMILES string of the molecule is COC(=O)c1cc(OCC(=O)Nc2ccc(C)c(C)c2)c2cc(C)ccc2n1. The van der Waals surface area contributed by atoms with Gasteiger partial charge in [-0.3, -0.25) is 4.79 Å². The fraction of sp³-hybridized carbons (Fsp3) is 0.227. The number of carbonyl (C=O) groups excluding carboxylic acids is 2. The van der Waals surface area contributed by atoms with Gasteiger partial charge in [0.25, 0.3) is 5.91 Å². The average molecular weight is 378 g/mol. The predicted octanol–water partition coefficient (Wildman–Crippen LogP) is 3.96. The molecule has 1 heterocycles. The molecule has 144 valence electrons. The van der Waals surface area contributed by atoms with Gasteiger partial charge in [-0.15, -0.1) is 0 Å². The quantitative estimate of drug-likeness (QED) is 0.680. The molecule has 0 unspecified atom stereocenters. The van der Waals surface area contributed by atoms with E-state index in [1.807, 2.05) is 51.1 Å². The third-order valence-corrected chi connectivity index (χ3v) is 4.47. The van der Waals surface area contributed by atoms with E-state index >= 15 is 0 Å². The van der Waals surface area contributed by atoms with Crippen molar-refractivity contribution in [3.8, 4) is 5.75 Å². The molecule has 0 saturated carbocycles. The molecule has 1 amide bonds. The molecule has 0 bridgehead atoms. The molecule has 2 aromatic carbocycles. The number of hydrogen-bond acceptors (Lipinski definition) is 5. The Hall–Kier alpha value is -3.41. The number of amides is 1. The van der Waals surface area contributed by atoms with Crippen LogP contribution in [0.25, 0.3) is 10.9 Å². The van der Waals surface area contributed by atoms with E-state index in [1.54, 1.807) is 6.07 Å². The number of anilines is 1. The minimum Gasteiger partial charge on any atom is -0.483 e. The fourth-order valence-corrected chi connectivity index (χ4v) is 2.80. The lowest BCUT2D eigenvalue weighted by Crippen LogP contribution is -2.20. The summed E-state index contributed by atoms with van der Waals surface area (Å²) in [4.78, 5) is 28.5. The lowest BCUT2D eigenvalue weighted by atomic mass is 10.1. The Morgan fingerprint density at radius 1 is 1.00 bits per heavy atom. The highest BCUT2D eigenvalue weighted by Crippen LogP contribution is 2.27. The Balaban J connectivity index is 1.82. The van der Waals surface area contributed by atoms with Crippen LogP contribution in [0.2, 0.25) is 0 Å². The van der Waals surface area contributed by atoms with Crippen molar-refractivity contribution in [3.05, 3.63) is 64.8 Å². The molecule has 6 nitrogen and oxygen atoms in total. The molecule has 3 aromatic rings. The van der Waals surface area contributed by atoms with Crippen molar-refractivity contribution in [1.29, 1.82) is 0 Å². The number of hydrogen-bond donors (Lipinski definition) is 1. The second-order valence-corrected chi connectivity index (χ2v) is 6.65. The zero-order valence-electron chi connectivity index (χ0n) is 16.3. The number of benzene rings is 2. The molecule has 1 aromatic heterocycles. The standard InChI is InChI=1S/C22H22N2O4/c1-13-5-8-18-17(9-13)20(11-19(24-18)22(26)27-4)28-12-21(25)23-16-7-6-14(2)15(3)10-16/h5-11H,12H2,1-4H3,(H,23,25). The molecular formula is C22H22N2O4. The molecule has 0 radical (unpaired) electrons. The van der Waals surface area contributed by atoms with Crippen molar-refractivity contribution in [2.24, 2.45) is 0 Å². The topological polar surface area (TPSA) is 77.5 Å². The molecule has 0 fully saturated rings. The molecule has 3 rings (SSSR count). The summed E-state index contributed by atoms with van der Waals surface area (Å²) >= 11 is 0. The van der Waals surface area contributed by atoms with Crippen molar-refractivity contribution in [2.75, 3.05) is 19.0 Å². The summed E-state index contributed by atoms with van der Waals surface area (Å²) in [5.41, 5.74) is 4.70. The van der Waals surface area contributed by atoms with Crippen LogP contribution in [0.1, 0.15) is 27.2 Å². The molecule has 1 N–H and O–H groups in total. The number of rotatable bonds is 5. The largest absolute Gasteiger partial charge is 0.483 e. The van der Waals surface area contributed by atoms with Gasteiger partial charge in [-0.05, 0) is 56.2 Å². The van der Waals surface area contributed by atoms with Crippen LogP contribution in [-0.4, -0.2) is 30.6 Å². The summed E-state index contributed by atoms with van der Waals surface area (Å²) in [7, 11) is 1.29. The van der Waals surface area contributed by atoms with E-state index in [2.05, 4.69) is 10.3 Å². The first kappa shape index (κ1) is 19.4. The van der Waals surface area contributed by atoms with Crippen molar-refractivity contribution >= 4 is 28.5 Å². The van der Waals surface area contributed by atoms with E-state index in [9.17, 15) is 9.59 Å². The minimum atomic E-state index is -0.563. The summed E-state index contributed by atoms with van der Waals surface area (Å²) in [5.74, 6) is -0.447. The van der Waals surface area contributed by atoms with E-state index in [4.69, 9.17) is 9.47 Å². The van der Waals surface area contributed by atoms with Crippen molar-refractivity contribution in [1.82, 2.24) is 4.98 Å². The van der Waals surface area contributed by atoms with Gasteiger partial charge in [0.2, 0.25) is 0 Å². The van der Waals surface area contributed by atoms with E-state index in [0.29, 0.717) is 17.0 Å². The Kier molecular flexibility index (Phi) is 5.59. The van der Waals surface area contributed by atoms with Gasteiger partial charge in [-0.1, -0.05) is 17.7 Å². The van der Waals surface area contributed by atoms with Crippen LogP contribution in [0, 0.1) is 20.8 Å². The maximum absolute atomic E-state index is 12.3. The Labute approximate surface area is 163 Å². The van der Waals surface area contributed by atoms with Crippen LogP contribution in [0.15, 0.2) is 42.5 Å². The fourth-order valence-electron chi connectivity index (χ4n) is 2.80. The third kappa shape index (κ3) is 4.28. The summed E-state index contributed by atoms with van der Waals surface area (Å²) in [5, 5.41) is 3.55. The maximum atomic E-state index is 12.3. The first-order valence-electron chi connectivity index (χ1n) is 8.87. The monoisotopic (exact) mass is 378 g/mol. The summed E-state index contributed by atoms with van der Waals surface area (Å²) in [6, 6.07) is 12.8. The number of aromatic nitrogens is 1. The summed E-state index contributed by atoms with van der Waals surface area (Å²) < 4.78 is 10.5. The van der Waals surface area contributed by atoms with E-state index in [-0.39, 0.29) is 18.2 Å². The smallest absolute Gasteiger partial charge is 0.356 e. The molecule has 0 aliphatic heterocycles. The van der Waals surface area contributed by atoms with Gasteiger partial charge >= 0.3 is 5.97 Å². The van der Waals surface area contributed by atoms with Gasteiger partial charge in [0.1, 0.15) is 5.75 Å². The van der Waals surface area contributed by atoms with Crippen LogP contribution < -0.4 is 10.1 Å². The maximum Gasteiger partial charge on any atom is 0.356 e. The first-order chi connectivity index (χ1) is 13.4. The van der Waals surface area contributed by atoms with Crippen molar-refractivity contribution in [2.45, 2.75) is 20.8 Å². The molecule has 28 heavy (non-hydrogen) atoms. The van der Waals surface area contributed by atoms with Gasteiger partial charge in [0, 0.05) is 17.1 Å². The number of esters is 1. The number of ether oxygens (including phenoxy) is 2. The van der Waals surface area contributed by atoms with Gasteiger partial charge in [-0.2, -0.15) is 0 Å². The molecule has 0 saturated heterocycles. The van der Waals surface area contributed by atoms with Gasteiger partial charge in [0.15, 0.2) is 12.3 Å².